The summed E-state index contributed by atoms with van der Waals surface area (Å²) in [6, 6.07) is 0. The third-order valence-electron chi connectivity index (χ3n) is 2.28. The highest BCUT2D eigenvalue weighted by molar-refractivity contribution is 7.90. The van der Waals surface area contributed by atoms with E-state index in [1.54, 1.807) is 0 Å². The first-order valence-corrected chi connectivity index (χ1v) is 6.28. The predicted octanol–water partition coefficient (Wildman–Crippen LogP) is -0.881. The maximum atomic E-state index is 11.5. The molecular formula is C8H11N3O3S. The molecule has 0 spiro atoms. The van der Waals surface area contributed by atoms with Crippen LogP contribution in [0.4, 0.5) is 0 Å². The number of hydrogen-bond acceptors (Lipinski definition) is 5. The molecule has 0 saturated heterocycles. The molecule has 2 heterocycles. The van der Waals surface area contributed by atoms with Gasteiger partial charge in [0.05, 0.1) is 11.3 Å². The van der Waals surface area contributed by atoms with Crippen LogP contribution in [0.2, 0.25) is 0 Å². The Hall–Kier alpha value is -1.21. The highest BCUT2D eigenvalue weighted by Gasteiger charge is 2.23. The molecule has 1 aliphatic rings. The minimum Gasteiger partial charge on any atom is -0.297 e. The Balaban J connectivity index is 2.64. The van der Waals surface area contributed by atoms with Crippen molar-refractivity contribution in [2.24, 2.45) is 0 Å². The van der Waals surface area contributed by atoms with Gasteiger partial charge in [-0.3, -0.25) is 14.7 Å². The SMILES string of the molecule is CN1Cc2nc(S(C)(=O)=O)[nH]c(=O)c2C1. The number of aromatic amines is 1. The van der Waals surface area contributed by atoms with Crippen molar-refractivity contribution in [2.45, 2.75) is 18.2 Å². The summed E-state index contributed by atoms with van der Waals surface area (Å²) in [5, 5.41) is -0.249. The predicted molar refractivity (Wildman–Crippen MR) is 53.1 cm³/mol. The van der Waals surface area contributed by atoms with Crippen molar-refractivity contribution in [2.75, 3.05) is 13.3 Å². The lowest BCUT2D eigenvalue weighted by Gasteiger charge is -2.01. The molecule has 1 N–H and O–H groups in total. The van der Waals surface area contributed by atoms with Crippen molar-refractivity contribution < 1.29 is 8.42 Å². The van der Waals surface area contributed by atoms with Gasteiger partial charge in [-0.25, -0.2) is 13.4 Å². The number of nitrogens with one attached hydrogen (secondary N) is 1. The molecule has 6 nitrogen and oxygen atoms in total. The topological polar surface area (TPSA) is 83.1 Å². The normalized spacial score (nSPS) is 16.7. The van der Waals surface area contributed by atoms with E-state index in [0.717, 1.165) is 6.26 Å². The number of sulfone groups is 1. The fourth-order valence-electron chi connectivity index (χ4n) is 1.57. The number of aromatic nitrogens is 2. The minimum absolute atomic E-state index is 0.249. The smallest absolute Gasteiger partial charge is 0.256 e. The summed E-state index contributed by atoms with van der Waals surface area (Å²) < 4.78 is 22.4. The zero-order valence-electron chi connectivity index (χ0n) is 8.44. The van der Waals surface area contributed by atoms with Gasteiger partial charge in [0.2, 0.25) is 15.0 Å². The Morgan fingerprint density at radius 1 is 1.40 bits per heavy atom. The van der Waals surface area contributed by atoms with E-state index in [0.29, 0.717) is 24.3 Å². The maximum absolute atomic E-state index is 11.5. The molecule has 0 radical (unpaired) electrons. The summed E-state index contributed by atoms with van der Waals surface area (Å²) in [7, 11) is -1.60. The largest absolute Gasteiger partial charge is 0.297 e. The molecule has 0 unspecified atom stereocenters. The minimum atomic E-state index is -3.45. The molecule has 2 rings (SSSR count). The van der Waals surface area contributed by atoms with Gasteiger partial charge >= 0.3 is 0 Å². The Labute approximate surface area is 86.9 Å². The summed E-state index contributed by atoms with van der Waals surface area (Å²) in [4.78, 5) is 19.7. The third-order valence-corrected chi connectivity index (χ3v) is 3.17. The van der Waals surface area contributed by atoms with Crippen LogP contribution >= 0.6 is 0 Å². The van der Waals surface area contributed by atoms with Crippen molar-refractivity contribution in [1.29, 1.82) is 0 Å². The molecule has 82 valence electrons. The van der Waals surface area contributed by atoms with E-state index >= 15 is 0 Å². The molecule has 0 amide bonds. The van der Waals surface area contributed by atoms with Crippen LogP contribution < -0.4 is 5.56 Å². The lowest BCUT2D eigenvalue weighted by Crippen LogP contribution is -2.19. The van der Waals surface area contributed by atoms with E-state index in [-0.39, 0.29) is 10.7 Å². The Kier molecular flexibility index (Phi) is 2.16. The van der Waals surface area contributed by atoms with Gasteiger partial charge in [-0.05, 0) is 7.05 Å². The van der Waals surface area contributed by atoms with E-state index in [1.165, 1.54) is 0 Å². The maximum Gasteiger partial charge on any atom is 0.256 e. The van der Waals surface area contributed by atoms with Crippen LogP contribution in [-0.2, 0) is 22.9 Å². The molecule has 0 bridgehead atoms. The highest BCUT2D eigenvalue weighted by Crippen LogP contribution is 2.16. The summed E-state index contributed by atoms with van der Waals surface area (Å²) in [5.74, 6) is 0. The second-order valence-corrected chi connectivity index (χ2v) is 5.67. The lowest BCUT2D eigenvalue weighted by molar-refractivity contribution is 0.350. The molecular weight excluding hydrogens is 218 g/mol. The number of hydrogen-bond donors (Lipinski definition) is 1. The van der Waals surface area contributed by atoms with Gasteiger partial charge in [0.25, 0.3) is 5.56 Å². The lowest BCUT2D eigenvalue weighted by atomic mass is 10.3. The quantitative estimate of drug-likeness (QED) is 0.632. The van der Waals surface area contributed by atoms with Gasteiger partial charge in [0.15, 0.2) is 0 Å². The second-order valence-electron chi connectivity index (χ2n) is 3.74. The van der Waals surface area contributed by atoms with E-state index in [1.807, 2.05) is 11.9 Å². The van der Waals surface area contributed by atoms with Crippen LogP contribution in [0, 0.1) is 0 Å². The summed E-state index contributed by atoms with van der Waals surface area (Å²) in [6.07, 6.45) is 1.02. The molecule has 0 aliphatic carbocycles. The molecule has 0 aromatic carbocycles. The van der Waals surface area contributed by atoms with Crippen molar-refractivity contribution >= 4 is 9.84 Å². The van der Waals surface area contributed by atoms with Crippen LogP contribution in [-0.4, -0.2) is 36.6 Å². The fourth-order valence-corrected chi connectivity index (χ4v) is 2.13. The molecule has 1 aromatic rings. The number of H-pyrrole nitrogens is 1. The zero-order valence-corrected chi connectivity index (χ0v) is 9.26. The average molecular weight is 229 g/mol. The third kappa shape index (κ3) is 1.80. The van der Waals surface area contributed by atoms with E-state index in [4.69, 9.17) is 0 Å². The van der Waals surface area contributed by atoms with Crippen molar-refractivity contribution in [3.05, 3.63) is 21.6 Å². The summed E-state index contributed by atoms with van der Waals surface area (Å²) in [6.45, 7) is 1.03. The first kappa shape index (κ1) is 10.3. The molecule has 0 fully saturated rings. The van der Waals surface area contributed by atoms with E-state index < -0.39 is 9.84 Å². The molecule has 0 saturated carbocycles. The van der Waals surface area contributed by atoms with Crippen LogP contribution in [0.1, 0.15) is 11.3 Å². The van der Waals surface area contributed by atoms with Crippen molar-refractivity contribution in [3.8, 4) is 0 Å². The van der Waals surface area contributed by atoms with Gasteiger partial charge in [-0.1, -0.05) is 0 Å². The van der Waals surface area contributed by atoms with Crippen LogP contribution in [0.25, 0.3) is 0 Å². The number of rotatable bonds is 1. The summed E-state index contributed by atoms with van der Waals surface area (Å²) >= 11 is 0. The molecule has 1 aromatic heterocycles. The first-order valence-electron chi connectivity index (χ1n) is 4.38. The van der Waals surface area contributed by atoms with E-state index in [2.05, 4.69) is 9.97 Å². The Bertz CT molecular complexity index is 561. The fraction of sp³-hybridized carbons (Fsp3) is 0.500. The van der Waals surface area contributed by atoms with Gasteiger partial charge < -0.3 is 0 Å². The van der Waals surface area contributed by atoms with Gasteiger partial charge in [0, 0.05) is 19.3 Å². The molecule has 7 heteroatoms. The van der Waals surface area contributed by atoms with Crippen LogP contribution in [0.5, 0.6) is 0 Å². The van der Waals surface area contributed by atoms with Crippen molar-refractivity contribution in [1.82, 2.24) is 14.9 Å². The Morgan fingerprint density at radius 2 is 2.07 bits per heavy atom. The second kappa shape index (κ2) is 3.14. The first-order chi connectivity index (χ1) is 6.88. The average Bonchev–Trinajstić information content (AvgIpc) is 2.44. The van der Waals surface area contributed by atoms with Crippen LogP contribution in [0.15, 0.2) is 9.95 Å². The molecule has 0 atom stereocenters. The zero-order chi connectivity index (χ0) is 11.2. The molecule has 1 aliphatic heterocycles. The number of fused-ring (bicyclic) bond motifs is 1. The Morgan fingerprint density at radius 3 is 2.67 bits per heavy atom. The summed E-state index contributed by atoms with van der Waals surface area (Å²) in [5.41, 5.74) is 0.761. The van der Waals surface area contributed by atoms with Crippen molar-refractivity contribution in [3.63, 3.8) is 0 Å². The van der Waals surface area contributed by atoms with Gasteiger partial charge in [-0.2, -0.15) is 0 Å². The van der Waals surface area contributed by atoms with Gasteiger partial charge in [0.1, 0.15) is 0 Å². The monoisotopic (exact) mass is 229 g/mol. The van der Waals surface area contributed by atoms with Gasteiger partial charge in [-0.15, -0.1) is 0 Å². The highest BCUT2D eigenvalue weighted by atomic mass is 32.2. The number of nitrogens with zero attached hydrogens (tertiary/aromatic N) is 2. The standard InChI is InChI=1S/C8H11N3O3S/c1-11-3-5-6(4-11)9-8(10-7(5)12)15(2,13)14/h3-4H2,1-2H3,(H,9,10,12). The van der Waals surface area contributed by atoms with Crippen LogP contribution in [0.3, 0.4) is 0 Å². The molecule has 15 heavy (non-hydrogen) atoms. The van der Waals surface area contributed by atoms with E-state index in [9.17, 15) is 13.2 Å².